The van der Waals surface area contributed by atoms with Gasteiger partial charge in [0.05, 0.1) is 12.5 Å². The van der Waals surface area contributed by atoms with Crippen molar-refractivity contribution in [1.29, 1.82) is 0 Å². The molecule has 1 aliphatic heterocycles. The number of carbonyl (C=O) groups excluding carboxylic acids is 2. The van der Waals surface area contributed by atoms with E-state index in [9.17, 15) is 9.59 Å². The zero-order valence-electron chi connectivity index (χ0n) is 23.5. The molecule has 1 unspecified atom stereocenters. The number of amides is 2. The molecule has 0 radical (unpaired) electrons. The summed E-state index contributed by atoms with van der Waals surface area (Å²) in [5.74, 6) is 0.670. The number of hydrogen-bond donors (Lipinski definition) is 2. The lowest BCUT2D eigenvalue weighted by Crippen LogP contribution is -2.40. The van der Waals surface area contributed by atoms with Gasteiger partial charge >= 0.3 is 0 Å². The van der Waals surface area contributed by atoms with Gasteiger partial charge in [-0.05, 0) is 85.0 Å². The monoisotopic (exact) mass is 615 g/mol. The first kappa shape index (κ1) is 28.7. The molecule has 1 aliphatic rings. The lowest BCUT2D eigenvalue weighted by Gasteiger charge is -2.30. The second kappa shape index (κ2) is 12.4. The average Bonchev–Trinajstić information content (AvgIpc) is 3.41. The van der Waals surface area contributed by atoms with Crippen LogP contribution in [-0.4, -0.2) is 39.9 Å². The predicted molar refractivity (Wildman–Crippen MR) is 164 cm³/mol. The molecule has 2 amide bonds. The largest absolute Gasteiger partial charge is 0.338 e. The molecule has 5 rings (SSSR count). The van der Waals surface area contributed by atoms with Crippen LogP contribution in [0.15, 0.2) is 81.8 Å². The van der Waals surface area contributed by atoms with E-state index in [1.54, 1.807) is 6.07 Å². The molecule has 2 N–H and O–H groups in total. The molecular formula is C32H34BrN5O3. The molecule has 3 aromatic carbocycles. The van der Waals surface area contributed by atoms with Crippen LogP contribution < -0.4 is 10.6 Å². The van der Waals surface area contributed by atoms with E-state index in [1.165, 1.54) is 5.56 Å². The van der Waals surface area contributed by atoms with Crippen molar-refractivity contribution in [2.24, 2.45) is 5.92 Å². The van der Waals surface area contributed by atoms with E-state index in [4.69, 9.17) is 4.52 Å². The Hall–Kier alpha value is -3.82. The molecule has 8 nitrogen and oxygen atoms in total. The summed E-state index contributed by atoms with van der Waals surface area (Å²) in [4.78, 5) is 32.7. The van der Waals surface area contributed by atoms with Crippen molar-refractivity contribution in [3.8, 4) is 11.4 Å². The fourth-order valence-corrected chi connectivity index (χ4v) is 5.15. The normalized spacial score (nSPS) is 15.9. The van der Waals surface area contributed by atoms with E-state index in [-0.39, 0.29) is 23.1 Å². The van der Waals surface area contributed by atoms with Gasteiger partial charge in [-0.2, -0.15) is 4.98 Å². The van der Waals surface area contributed by atoms with Crippen molar-refractivity contribution in [3.05, 3.63) is 94.3 Å². The van der Waals surface area contributed by atoms with Crippen LogP contribution in [0.4, 0.5) is 11.4 Å². The topological polar surface area (TPSA) is 100 Å². The molecule has 0 spiro atoms. The molecule has 212 valence electrons. The van der Waals surface area contributed by atoms with Crippen LogP contribution in [0.3, 0.4) is 0 Å². The Balaban J connectivity index is 1.16. The number of nitrogens with zero attached hydrogens (tertiary/aromatic N) is 3. The number of likely N-dealkylation sites (tertiary alicyclic amines) is 1. The van der Waals surface area contributed by atoms with Crippen LogP contribution in [0.1, 0.15) is 55.4 Å². The van der Waals surface area contributed by atoms with Gasteiger partial charge in [-0.25, -0.2) is 0 Å². The van der Waals surface area contributed by atoms with Crippen LogP contribution in [0.5, 0.6) is 0 Å². The Bertz CT molecular complexity index is 1510. The van der Waals surface area contributed by atoms with Crippen LogP contribution >= 0.6 is 15.9 Å². The first-order valence-corrected chi connectivity index (χ1v) is 14.6. The minimum Gasteiger partial charge on any atom is -0.338 e. The Kier molecular flexibility index (Phi) is 8.65. The second-order valence-electron chi connectivity index (χ2n) is 11.4. The third-order valence-corrected chi connectivity index (χ3v) is 7.74. The van der Waals surface area contributed by atoms with E-state index in [0.29, 0.717) is 41.7 Å². The third-order valence-electron chi connectivity index (χ3n) is 7.21. The highest BCUT2D eigenvalue weighted by Gasteiger charge is 2.27. The van der Waals surface area contributed by atoms with E-state index in [1.807, 2.05) is 66.7 Å². The molecule has 41 heavy (non-hydrogen) atoms. The molecule has 0 aliphatic carbocycles. The number of hydrogen-bond acceptors (Lipinski definition) is 6. The van der Waals surface area contributed by atoms with Crippen molar-refractivity contribution in [2.75, 3.05) is 23.7 Å². The van der Waals surface area contributed by atoms with Crippen molar-refractivity contribution in [2.45, 2.75) is 45.6 Å². The maximum atomic E-state index is 13.2. The van der Waals surface area contributed by atoms with Gasteiger partial charge in [-0.3, -0.25) is 14.5 Å². The molecule has 2 heterocycles. The Morgan fingerprint density at radius 3 is 2.41 bits per heavy atom. The predicted octanol–water partition coefficient (Wildman–Crippen LogP) is 6.90. The van der Waals surface area contributed by atoms with Crippen molar-refractivity contribution in [3.63, 3.8) is 0 Å². The SMILES string of the molecule is CC(C)(C)c1ccc(C(=O)Nc2cccc(NC(=O)C3CCCN(Cc4nc(-c5ccc(Br)cc5)no4)C3)c2)cc1. The van der Waals surface area contributed by atoms with Crippen LogP contribution in [0.2, 0.25) is 0 Å². The summed E-state index contributed by atoms with van der Waals surface area (Å²) in [6.07, 6.45) is 1.70. The zero-order chi connectivity index (χ0) is 29.0. The Morgan fingerprint density at radius 2 is 1.71 bits per heavy atom. The Morgan fingerprint density at radius 1 is 1.00 bits per heavy atom. The molecule has 1 saturated heterocycles. The van der Waals surface area contributed by atoms with Gasteiger partial charge in [-0.1, -0.05) is 60.1 Å². The molecular weight excluding hydrogens is 582 g/mol. The van der Waals surface area contributed by atoms with Gasteiger partial charge in [0.25, 0.3) is 5.91 Å². The van der Waals surface area contributed by atoms with Crippen molar-refractivity contribution < 1.29 is 14.1 Å². The van der Waals surface area contributed by atoms with Crippen molar-refractivity contribution >= 4 is 39.1 Å². The molecule has 0 bridgehead atoms. The highest BCUT2D eigenvalue weighted by atomic mass is 79.9. The zero-order valence-corrected chi connectivity index (χ0v) is 25.1. The standard InChI is InChI=1S/C32H34BrN5O3/c1-32(2,3)24-13-9-22(10-14-24)30(39)34-26-7-4-8-27(18-26)35-31(40)23-6-5-17-38(19-23)20-28-36-29(37-41-28)21-11-15-25(33)16-12-21/h4,7-16,18,23H,5-6,17,19-20H2,1-3H3,(H,34,39)(H,35,40). The summed E-state index contributed by atoms with van der Waals surface area (Å²) in [6.45, 7) is 8.37. The van der Waals surface area contributed by atoms with E-state index in [2.05, 4.69) is 62.4 Å². The smallest absolute Gasteiger partial charge is 0.255 e. The van der Waals surface area contributed by atoms with Gasteiger partial charge in [0.15, 0.2) is 0 Å². The summed E-state index contributed by atoms with van der Waals surface area (Å²) in [7, 11) is 0. The summed E-state index contributed by atoms with van der Waals surface area (Å²) in [6, 6.07) is 22.6. The van der Waals surface area contributed by atoms with Crippen molar-refractivity contribution in [1.82, 2.24) is 15.0 Å². The highest BCUT2D eigenvalue weighted by Crippen LogP contribution is 2.25. The van der Waals surface area contributed by atoms with Gasteiger partial charge in [-0.15, -0.1) is 0 Å². The van der Waals surface area contributed by atoms with Gasteiger partial charge in [0.2, 0.25) is 17.6 Å². The highest BCUT2D eigenvalue weighted by molar-refractivity contribution is 9.10. The number of carbonyl (C=O) groups is 2. The first-order chi connectivity index (χ1) is 19.6. The fraction of sp³-hybridized carbons (Fsp3) is 0.312. The molecule has 0 saturated carbocycles. The second-order valence-corrected chi connectivity index (χ2v) is 12.4. The molecule has 1 aromatic heterocycles. The lowest BCUT2D eigenvalue weighted by molar-refractivity contribution is -0.121. The van der Waals surface area contributed by atoms with E-state index >= 15 is 0 Å². The number of benzene rings is 3. The van der Waals surface area contributed by atoms with Crippen LogP contribution in [-0.2, 0) is 16.8 Å². The average molecular weight is 617 g/mol. The quantitative estimate of drug-likeness (QED) is 0.234. The maximum absolute atomic E-state index is 13.2. The van der Waals surface area contributed by atoms with Gasteiger partial charge in [0, 0.05) is 33.5 Å². The summed E-state index contributed by atoms with van der Waals surface area (Å²) in [5, 5.41) is 10.1. The molecule has 1 fully saturated rings. The Labute approximate surface area is 248 Å². The number of piperidine rings is 1. The molecule has 4 aromatic rings. The molecule has 9 heteroatoms. The van der Waals surface area contributed by atoms with Crippen LogP contribution in [0, 0.1) is 5.92 Å². The number of aromatic nitrogens is 2. The minimum atomic E-state index is -0.193. The number of nitrogens with one attached hydrogen (secondary N) is 2. The first-order valence-electron chi connectivity index (χ1n) is 13.8. The van der Waals surface area contributed by atoms with Gasteiger partial charge in [0.1, 0.15) is 0 Å². The third kappa shape index (κ3) is 7.48. The van der Waals surface area contributed by atoms with Gasteiger partial charge < -0.3 is 15.2 Å². The fourth-order valence-electron chi connectivity index (χ4n) is 4.88. The van der Waals surface area contributed by atoms with E-state index < -0.39 is 0 Å². The lowest BCUT2D eigenvalue weighted by atomic mass is 9.87. The minimum absolute atomic E-state index is 0.0215. The number of anilines is 2. The van der Waals surface area contributed by atoms with Crippen LogP contribution in [0.25, 0.3) is 11.4 Å². The number of halogens is 1. The summed E-state index contributed by atoms with van der Waals surface area (Å²) >= 11 is 3.44. The summed E-state index contributed by atoms with van der Waals surface area (Å²) in [5.41, 5.74) is 3.92. The van der Waals surface area contributed by atoms with E-state index in [0.717, 1.165) is 29.4 Å². The molecule has 1 atom stereocenters. The summed E-state index contributed by atoms with van der Waals surface area (Å²) < 4.78 is 6.48. The maximum Gasteiger partial charge on any atom is 0.255 e. The number of rotatable bonds is 7.